The number of carbonyl (C=O) groups excluding carboxylic acids is 1. The molecule has 168 valence electrons. The van der Waals surface area contributed by atoms with Crippen molar-refractivity contribution in [3.8, 4) is 0 Å². The summed E-state index contributed by atoms with van der Waals surface area (Å²) in [5.74, 6) is -1.71. The summed E-state index contributed by atoms with van der Waals surface area (Å²) >= 11 is 0. The Morgan fingerprint density at radius 1 is 1.35 bits per heavy atom. The van der Waals surface area contributed by atoms with Crippen LogP contribution in [0.2, 0.25) is 0 Å². The second-order valence-corrected chi connectivity index (χ2v) is 9.41. The minimum atomic E-state index is -4.23. The molecule has 3 rings (SSSR count). The first-order valence-electron chi connectivity index (χ1n) is 9.26. The third-order valence-electron chi connectivity index (χ3n) is 4.94. The summed E-state index contributed by atoms with van der Waals surface area (Å²) in [6.45, 7) is 3.93. The van der Waals surface area contributed by atoms with Crippen LogP contribution in [0.1, 0.15) is 20.8 Å². The highest BCUT2D eigenvalue weighted by Gasteiger charge is 2.57. The summed E-state index contributed by atoms with van der Waals surface area (Å²) in [6, 6.07) is 3.42. The minimum absolute atomic E-state index is 0.206. The Labute approximate surface area is 177 Å². The molecule has 31 heavy (non-hydrogen) atoms. The van der Waals surface area contributed by atoms with Gasteiger partial charge in [-0.25, -0.2) is 8.42 Å². The topological polar surface area (TPSA) is 174 Å². The molecule has 1 aromatic carbocycles. The van der Waals surface area contributed by atoms with Crippen molar-refractivity contribution < 1.29 is 32.3 Å². The van der Waals surface area contributed by atoms with Gasteiger partial charge in [-0.05, 0) is 31.5 Å². The van der Waals surface area contributed by atoms with Crippen molar-refractivity contribution in [1.82, 2.24) is 4.31 Å². The summed E-state index contributed by atoms with van der Waals surface area (Å²) in [4.78, 5) is 24.4. The number of rotatable bonds is 6. The number of piperidine rings is 1. The van der Waals surface area contributed by atoms with Crippen molar-refractivity contribution in [1.29, 1.82) is 0 Å². The van der Waals surface area contributed by atoms with Crippen molar-refractivity contribution in [2.75, 3.05) is 13.1 Å². The van der Waals surface area contributed by atoms with Crippen LogP contribution in [0.4, 0.5) is 5.69 Å². The van der Waals surface area contributed by atoms with Gasteiger partial charge in [0.25, 0.3) is 5.69 Å². The molecule has 0 saturated carbocycles. The number of hydrogen-bond acceptors (Lipinski definition) is 9. The lowest BCUT2D eigenvalue weighted by atomic mass is 9.96. The number of nitro groups is 1. The van der Waals surface area contributed by atoms with E-state index in [9.17, 15) is 23.3 Å². The van der Waals surface area contributed by atoms with Gasteiger partial charge >= 0.3 is 5.97 Å². The molecule has 14 heteroatoms. The van der Waals surface area contributed by atoms with Crippen molar-refractivity contribution in [2.45, 2.75) is 55.8 Å². The average Bonchev–Trinajstić information content (AvgIpc) is 3.02. The van der Waals surface area contributed by atoms with E-state index in [2.05, 4.69) is 10.0 Å². The molecule has 1 aromatic rings. The number of azide groups is 1. The van der Waals surface area contributed by atoms with Crippen molar-refractivity contribution in [2.24, 2.45) is 5.11 Å². The summed E-state index contributed by atoms with van der Waals surface area (Å²) in [6.07, 6.45) is -2.63. The summed E-state index contributed by atoms with van der Waals surface area (Å²) in [7, 11) is -4.23. The summed E-state index contributed by atoms with van der Waals surface area (Å²) in [5.41, 5.74) is 8.52. The molecular formula is C17H21N5O8S. The number of ether oxygens (including phenoxy) is 3. The van der Waals surface area contributed by atoms with E-state index < -0.39 is 51.1 Å². The fraction of sp³-hybridized carbons (Fsp3) is 0.588. The quantitative estimate of drug-likeness (QED) is 0.156. The zero-order valence-electron chi connectivity index (χ0n) is 16.9. The van der Waals surface area contributed by atoms with Gasteiger partial charge in [-0.1, -0.05) is 5.11 Å². The van der Waals surface area contributed by atoms with Crippen LogP contribution < -0.4 is 0 Å². The second-order valence-electron chi connectivity index (χ2n) is 7.52. The van der Waals surface area contributed by atoms with Gasteiger partial charge in [-0.2, -0.15) is 4.31 Å². The highest BCUT2D eigenvalue weighted by Crippen LogP contribution is 2.39. The maximum atomic E-state index is 13.4. The number of non-ortho nitro benzene ring substituents is 1. The van der Waals surface area contributed by atoms with Crippen LogP contribution in [0.25, 0.3) is 10.4 Å². The Morgan fingerprint density at radius 2 is 1.97 bits per heavy atom. The molecule has 0 radical (unpaired) electrons. The van der Waals surface area contributed by atoms with Gasteiger partial charge in [0, 0.05) is 30.5 Å². The number of hydrogen-bond donors (Lipinski definition) is 0. The molecule has 0 aliphatic carbocycles. The van der Waals surface area contributed by atoms with Gasteiger partial charge in [-0.3, -0.25) is 14.9 Å². The van der Waals surface area contributed by atoms with Gasteiger partial charge in [0.2, 0.25) is 10.0 Å². The molecule has 2 aliphatic rings. The lowest BCUT2D eigenvalue weighted by Crippen LogP contribution is -2.63. The molecule has 0 N–H and O–H groups in total. The van der Waals surface area contributed by atoms with Gasteiger partial charge in [0.15, 0.2) is 5.79 Å². The number of benzene rings is 1. The number of nitrogens with zero attached hydrogens (tertiary/aromatic N) is 5. The zero-order valence-corrected chi connectivity index (χ0v) is 17.8. The lowest BCUT2D eigenvalue weighted by molar-refractivity contribution is -0.384. The van der Waals surface area contributed by atoms with Gasteiger partial charge in [-0.15, -0.1) is 0 Å². The molecule has 0 unspecified atom stereocenters. The van der Waals surface area contributed by atoms with Crippen molar-refractivity contribution >= 4 is 21.7 Å². The van der Waals surface area contributed by atoms with E-state index in [0.29, 0.717) is 0 Å². The number of nitro benzene ring substituents is 1. The van der Waals surface area contributed by atoms with Crippen LogP contribution in [-0.4, -0.2) is 66.8 Å². The summed E-state index contributed by atoms with van der Waals surface area (Å²) in [5, 5.41) is 14.4. The number of sulfonamides is 1. The van der Waals surface area contributed by atoms with E-state index in [4.69, 9.17) is 19.7 Å². The van der Waals surface area contributed by atoms with Crippen LogP contribution in [-0.2, 0) is 29.0 Å². The fourth-order valence-corrected chi connectivity index (χ4v) is 5.40. The maximum Gasteiger partial charge on any atom is 0.303 e. The molecule has 2 aliphatic heterocycles. The Bertz CT molecular complexity index is 1020. The Kier molecular flexibility index (Phi) is 6.21. The lowest BCUT2D eigenvalue weighted by Gasteiger charge is -2.43. The summed E-state index contributed by atoms with van der Waals surface area (Å²) < 4.78 is 44.9. The van der Waals surface area contributed by atoms with E-state index in [1.54, 1.807) is 13.8 Å². The average molecular weight is 455 g/mol. The van der Waals surface area contributed by atoms with Crippen LogP contribution in [0.3, 0.4) is 0 Å². The first kappa shape index (κ1) is 22.9. The Hall–Kier alpha value is -2.77. The smallest absolute Gasteiger partial charge is 0.303 e. The first-order chi connectivity index (χ1) is 14.5. The normalized spacial score (nSPS) is 27.7. The zero-order chi connectivity index (χ0) is 23.0. The van der Waals surface area contributed by atoms with E-state index >= 15 is 0 Å². The molecule has 0 spiro atoms. The molecule has 2 fully saturated rings. The molecule has 0 amide bonds. The van der Waals surface area contributed by atoms with Gasteiger partial charge in [0.05, 0.1) is 22.4 Å². The SMILES string of the molecule is CC(=O)O[C@@H]1CN(S(=O)(=O)c2ccc([N+](=O)[O-])cc2)[C@H](CN=[N+]=[N-])[C@H]2OC(C)(C)O[C@@H]21. The van der Waals surface area contributed by atoms with E-state index in [0.717, 1.165) is 28.6 Å². The highest BCUT2D eigenvalue weighted by atomic mass is 32.2. The maximum absolute atomic E-state index is 13.4. The van der Waals surface area contributed by atoms with Gasteiger partial charge in [0.1, 0.15) is 18.3 Å². The number of fused-ring (bicyclic) bond motifs is 1. The monoisotopic (exact) mass is 455 g/mol. The third kappa shape index (κ3) is 4.62. The molecule has 2 saturated heterocycles. The Morgan fingerprint density at radius 3 is 2.52 bits per heavy atom. The van der Waals surface area contributed by atoms with E-state index in [1.807, 2.05) is 0 Å². The van der Waals surface area contributed by atoms with Crippen LogP contribution in [0, 0.1) is 10.1 Å². The van der Waals surface area contributed by atoms with Crippen LogP contribution >= 0.6 is 0 Å². The predicted molar refractivity (Wildman–Crippen MR) is 104 cm³/mol. The number of esters is 1. The predicted octanol–water partition coefficient (Wildman–Crippen LogP) is 1.73. The van der Waals surface area contributed by atoms with Gasteiger partial charge < -0.3 is 14.2 Å². The highest BCUT2D eigenvalue weighted by molar-refractivity contribution is 7.89. The Balaban J connectivity index is 2.04. The minimum Gasteiger partial charge on any atom is -0.458 e. The second kappa shape index (κ2) is 8.40. The van der Waals surface area contributed by atoms with Crippen molar-refractivity contribution in [3.05, 3.63) is 44.8 Å². The largest absolute Gasteiger partial charge is 0.458 e. The molecule has 0 aromatic heterocycles. The van der Waals surface area contributed by atoms with Crippen LogP contribution in [0.15, 0.2) is 34.3 Å². The standard InChI is InChI=1S/C17H21N5O8S/c1-10(23)28-14-9-21(31(26,27)12-6-4-11(5-7-12)22(24)25)13(8-19-20-18)15-16(14)30-17(2,3)29-15/h4-7,13-16H,8-9H2,1-3H3/t13-,14-,15-,16-/m1/s1. The first-order valence-corrected chi connectivity index (χ1v) is 10.7. The third-order valence-corrected chi connectivity index (χ3v) is 6.85. The molecular weight excluding hydrogens is 434 g/mol. The van der Waals surface area contributed by atoms with E-state index in [-0.39, 0.29) is 23.7 Å². The van der Waals surface area contributed by atoms with Crippen LogP contribution in [0.5, 0.6) is 0 Å². The van der Waals surface area contributed by atoms with Crippen molar-refractivity contribution in [3.63, 3.8) is 0 Å². The number of carbonyl (C=O) groups is 1. The molecule has 0 bridgehead atoms. The molecule has 4 atom stereocenters. The molecule has 2 heterocycles. The molecule has 13 nitrogen and oxygen atoms in total. The van der Waals surface area contributed by atoms with E-state index in [1.165, 1.54) is 6.92 Å². The fourth-order valence-electron chi connectivity index (χ4n) is 3.77.